The second-order valence-corrected chi connectivity index (χ2v) is 3.14. The van der Waals surface area contributed by atoms with Gasteiger partial charge in [-0.2, -0.15) is 0 Å². The van der Waals surface area contributed by atoms with Gasteiger partial charge < -0.3 is 29.1 Å². The van der Waals surface area contributed by atoms with Gasteiger partial charge in [0.25, 0.3) is 0 Å². The fraction of sp³-hybridized carbons (Fsp3) is 0. The molecule has 0 fully saturated rings. The minimum Gasteiger partial charge on any atom is -0.508 e. The molecule has 0 spiro atoms. The van der Waals surface area contributed by atoms with Gasteiger partial charge >= 0.3 is 9.05 Å². The van der Waals surface area contributed by atoms with Crippen molar-refractivity contribution >= 4 is 15.8 Å². The largest absolute Gasteiger partial charge is 0.668 e. The number of rotatable bonds is 0. The Morgan fingerprint density at radius 2 is 1.21 bits per heavy atom. The summed E-state index contributed by atoms with van der Waals surface area (Å²) in [5.41, 5.74) is 0. The van der Waals surface area contributed by atoms with Crippen molar-refractivity contribution in [1.29, 1.82) is 0 Å². The molecule has 1 rings (SSSR count). The number of carbonyl (C=O) groups is 1. The van der Waals surface area contributed by atoms with E-state index in [2.05, 4.69) is 0 Å². The highest BCUT2D eigenvalue weighted by Gasteiger charge is 2.22. The maximum absolute atomic E-state index is 8.63. The Kier molecular flexibility index (Phi) is 9.08. The van der Waals surface area contributed by atoms with Gasteiger partial charge in [-0.15, -0.1) is 0 Å². The molecule has 0 unspecified atom stereocenters. The van der Waals surface area contributed by atoms with Crippen LogP contribution in [-0.4, -0.2) is 40.1 Å². The van der Waals surface area contributed by atoms with E-state index in [9.17, 15) is 0 Å². The highest BCUT2D eigenvalue weighted by Crippen LogP contribution is 2.02. The van der Waals surface area contributed by atoms with Gasteiger partial charge in [0.2, 0.25) is 0 Å². The van der Waals surface area contributed by atoms with E-state index in [1.807, 2.05) is 12.9 Å². The molecule has 0 aliphatic rings. The monoisotopic (exact) mass is 220 g/mol. The summed E-state index contributed by atoms with van der Waals surface area (Å²) in [6.07, 6.45) is 0. The lowest BCUT2D eigenvalue weighted by atomic mass is 10.3. The van der Waals surface area contributed by atoms with Crippen molar-refractivity contribution in [3.05, 3.63) is 30.3 Å². The van der Waals surface area contributed by atoms with Gasteiger partial charge in [0, 0.05) is 0 Å². The molecule has 14 heavy (non-hydrogen) atoms. The third-order valence-corrected chi connectivity index (χ3v) is 0.756. The van der Waals surface area contributed by atoms with E-state index < -0.39 is 9.05 Å². The van der Waals surface area contributed by atoms with Crippen LogP contribution >= 0.6 is 0 Å². The number of hydrogen-bond acceptors (Lipinski definition) is 6. The van der Waals surface area contributed by atoms with Crippen LogP contribution in [-0.2, 0) is 4.79 Å². The molecule has 80 valence electrons. The summed E-state index contributed by atoms with van der Waals surface area (Å²) in [6, 6.07) is 8.71. The van der Waals surface area contributed by atoms with Crippen LogP contribution in [0.5, 0.6) is 5.75 Å². The van der Waals surface area contributed by atoms with Gasteiger partial charge in [0.1, 0.15) is 12.5 Å². The van der Waals surface area contributed by atoms with E-state index in [1.54, 1.807) is 24.3 Å². The molecule has 0 saturated heterocycles. The highest BCUT2D eigenvalue weighted by atomic mass is 28.4. The zero-order valence-corrected chi connectivity index (χ0v) is 8.24. The van der Waals surface area contributed by atoms with Crippen LogP contribution in [0, 0.1) is 0 Å². The normalized spacial score (nSPS) is 8.86. The highest BCUT2D eigenvalue weighted by molar-refractivity contribution is 6.46. The van der Waals surface area contributed by atoms with Gasteiger partial charge in [-0.3, -0.25) is 0 Å². The fourth-order valence-electron chi connectivity index (χ4n) is 0.428. The van der Waals surface area contributed by atoms with E-state index in [-0.39, 0.29) is 0 Å². The topological polar surface area (TPSA) is 118 Å². The zero-order chi connectivity index (χ0) is 11.6. The van der Waals surface area contributed by atoms with Crippen molar-refractivity contribution in [3.8, 4) is 5.75 Å². The summed E-state index contributed by atoms with van der Waals surface area (Å²) in [7, 11) is -4.61. The molecular weight excluding hydrogens is 208 g/mol. The maximum Gasteiger partial charge on any atom is 0.668 e. The van der Waals surface area contributed by atoms with Crippen LogP contribution in [0.2, 0.25) is 0 Å². The molecule has 0 aromatic heterocycles. The molecule has 7 heteroatoms. The molecule has 0 bridgehead atoms. The van der Waals surface area contributed by atoms with Gasteiger partial charge in [-0.1, -0.05) is 18.2 Å². The molecule has 0 amide bonds. The Hall–Kier alpha value is -1.25. The number of aromatic hydroxyl groups is 1. The Balaban J connectivity index is 0. The molecule has 0 aliphatic carbocycles. The molecule has 5 N–H and O–H groups in total. The van der Waals surface area contributed by atoms with Gasteiger partial charge in [0.05, 0.1) is 0 Å². The smallest absolute Gasteiger partial charge is 0.508 e. The van der Waals surface area contributed by atoms with Crippen molar-refractivity contribution in [2.24, 2.45) is 0 Å². The summed E-state index contributed by atoms with van der Waals surface area (Å²) in [5.74, 6) is 0.322. The van der Waals surface area contributed by atoms with E-state index in [0.717, 1.165) is 0 Å². The first-order valence-corrected chi connectivity index (χ1v) is 5.11. The average molecular weight is 220 g/mol. The van der Waals surface area contributed by atoms with Crippen LogP contribution in [0.4, 0.5) is 0 Å². The third-order valence-electron chi connectivity index (χ3n) is 0.756. The fourth-order valence-corrected chi connectivity index (χ4v) is 0.428. The Labute approximate surface area is 81.8 Å². The number of phenols is 1. The van der Waals surface area contributed by atoms with Crippen molar-refractivity contribution in [3.63, 3.8) is 0 Å². The summed E-state index contributed by atoms with van der Waals surface area (Å²) < 4.78 is 0. The molecule has 0 saturated carbocycles. The van der Waals surface area contributed by atoms with E-state index in [4.69, 9.17) is 29.1 Å². The van der Waals surface area contributed by atoms with E-state index >= 15 is 0 Å². The summed E-state index contributed by atoms with van der Waals surface area (Å²) in [6.45, 7) is 2.00. The summed E-state index contributed by atoms with van der Waals surface area (Å²) >= 11 is 0. The summed E-state index contributed by atoms with van der Waals surface area (Å²) in [4.78, 5) is 37.3. The lowest BCUT2D eigenvalue weighted by molar-refractivity contribution is -0.0980. The average Bonchev–Trinajstić information content (AvgIpc) is 2.06. The first-order valence-electron chi connectivity index (χ1n) is 3.32. The SMILES string of the molecule is C=O.O[Si](O)(O)O.Oc1ccccc1. The second-order valence-electron chi connectivity index (χ2n) is 1.94. The number of para-hydroxylation sites is 1. The molecule has 0 radical (unpaired) electrons. The van der Waals surface area contributed by atoms with E-state index in [0.29, 0.717) is 5.75 Å². The molecule has 1 aromatic rings. The standard InChI is InChI=1S/C6H6O.CH2O.H4O4Si/c7-6-4-2-1-3-5-6;1-2;1-5(2,3)4/h1-5,7H;1H2;1-4H. The molecule has 0 heterocycles. The van der Waals surface area contributed by atoms with Crippen molar-refractivity contribution in [2.75, 3.05) is 0 Å². The predicted octanol–water partition coefficient (Wildman–Crippen LogP) is -1.40. The number of phenolic OH excluding ortho intramolecular Hbond substituents is 1. The third kappa shape index (κ3) is 22.4. The van der Waals surface area contributed by atoms with Gasteiger partial charge in [-0.05, 0) is 12.1 Å². The van der Waals surface area contributed by atoms with Crippen LogP contribution < -0.4 is 0 Å². The minimum absolute atomic E-state index is 0.322. The molecule has 0 aliphatic heterocycles. The zero-order valence-electron chi connectivity index (χ0n) is 7.24. The predicted molar refractivity (Wildman–Crippen MR) is 49.9 cm³/mol. The first-order chi connectivity index (χ1) is 6.39. The second kappa shape index (κ2) is 8.35. The summed E-state index contributed by atoms with van der Waals surface area (Å²) in [5, 5.41) is 8.63. The maximum atomic E-state index is 8.63. The minimum atomic E-state index is -4.61. The Bertz CT molecular complexity index is 215. The van der Waals surface area contributed by atoms with Crippen molar-refractivity contribution in [1.82, 2.24) is 0 Å². The van der Waals surface area contributed by atoms with Crippen molar-refractivity contribution in [2.45, 2.75) is 0 Å². The van der Waals surface area contributed by atoms with Crippen molar-refractivity contribution < 1.29 is 29.1 Å². The number of carbonyl (C=O) groups excluding carboxylic acids is 1. The van der Waals surface area contributed by atoms with Crippen LogP contribution in [0.1, 0.15) is 0 Å². The Morgan fingerprint density at radius 3 is 1.36 bits per heavy atom. The lowest BCUT2D eigenvalue weighted by Crippen LogP contribution is -2.33. The number of hydrogen-bond donors (Lipinski definition) is 5. The molecule has 6 nitrogen and oxygen atoms in total. The molecule has 0 atom stereocenters. The van der Waals surface area contributed by atoms with Crippen LogP contribution in [0.3, 0.4) is 0 Å². The van der Waals surface area contributed by atoms with Gasteiger partial charge in [0.15, 0.2) is 0 Å². The van der Waals surface area contributed by atoms with Crippen LogP contribution in [0.25, 0.3) is 0 Å². The van der Waals surface area contributed by atoms with Gasteiger partial charge in [-0.25, -0.2) is 0 Å². The number of benzene rings is 1. The van der Waals surface area contributed by atoms with E-state index in [1.165, 1.54) is 0 Å². The lowest BCUT2D eigenvalue weighted by Gasteiger charge is -1.91. The Morgan fingerprint density at radius 1 is 0.929 bits per heavy atom. The molecular formula is C7H12O6Si. The van der Waals surface area contributed by atoms with Crippen LogP contribution in [0.15, 0.2) is 30.3 Å². The first kappa shape index (κ1) is 15.2. The molecule has 1 aromatic carbocycles. The quantitative estimate of drug-likeness (QED) is 0.343.